The van der Waals surface area contributed by atoms with Crippen LogP contribution in [0.4, 0.5) is 0 Å². The van der Waals surface area contributed by atoms with Gasteiger partial charge in [-0.1, -0.05) is 20.3 Å². The summed E-state index contributed by atoms with van der Waals surface area (Å²) in [5.41, 5.74) is 1.65. The standard InChI is InChI=1S/C11H20/c1-3-10(4-2)8-9-11(10)6-5-7-11/h3-9H2,1-2H3. The number of hydrogen-bond acceptors (Lipinski definition) is 0. The van der Waals surface area contributed by atoms with Gasteiger partial charge in [0.1, 0.15) is 0 Å². The van der Waals surface area contributed by atoms with Crippen LogP contribution in [0.25, 0.3) is 0 Å². The van der Waals surface area contributed by atoms with Crippen molar-refractivity contribution < 1.29 is 0 Å². The van der Waals surface area contributed by atoms with E-state index in [0.717, 1.165) is 10.8 Å². The Morgan fingerprint density at radius 3 is 1.64 bits per heavy atom. The molecule has 2 saturated carbocycles. The molecular formula is C11H20. The summed E-state index contributed by atoms with van der Waals surface area (Å²) >= 11 is 0. The fraction of sp³-hybridized carbons (Fsp3) is 1.00. The maximum absolute atomic E-state index is 2.39. The Bertz CT molecular complexity index is 138. The summed E-state index contributed by atoms with van der Waals surface area (Å²) in [6.45, 7) is 4.78. The molecule has 0 N–H and O–H groups in total. The van der Waals surface area contributed by atoms with Gasteiger partial charge in [-0.2, -0.15) is 0 Å². The molecule has 0 amide bonds. The predicted molar refractivity (Wildman–Crippen MR) is 48.5 cm³/mol. The molecule has 0 bridgehead atoms. The second-order valence-corrected chi connectivity index (χ2v) is 4.62. The largest absolute Gasteiger partial charge is 0.0648 e. The van der Waals surface area contributed by atoms with Crippen LogP contribution in [0.15, 0.2) is 0 Å². The van der Waals surface area contributed by atoms with Crippen molar-refractivity contribution in [3.8, 4) is 0 Å². The SMILES string of the molecule is CCC1(CC)CCC12CCC2. The summed E-state index contributed by atoms with van der Waals surface area (Å²) in [6, 6.07) is 0. The van der Waals surface area contributed by atoms with Crippen molar-refractivity contribution in [3.63, 3.8) is 0 Å². The number of rotatable bonds is 2. The Labute approximate surface area is 70.4 Å². The highest BCUT2D eigenvalue weighted by atomic mass is 14.6. The molecule has 0 unspecified atom stereocenters. The first-order chi connectivity index (χ1) is 5.29. The van der Waals surface area contributed by atoms with Crippen LogP contribution in [0.5, 0.6) is 0 Å². The van der Waals surface area contributed by atoms with E-state index in [1.807, 2.05) is 0 Å². The normalized spacial score (nSPS) is 31.1. The van der Waals surface area contributed by atoms with E-state index >= 15 is 0 Å². The average molecular weight is 152 g/mol. The molecule has 0 radical (unpaired) electrons. The van der Waals surface area contributed by atoms with E-state index in [4.69, 9.17) is 0 Å². The monoisotopic (exact) mass is 152 g/mol. The third kappa shape index (κ3) is 0.711. The first-order valence-corrected chi connectivity index (χ1v) is 5.29. The van der Waals surface area contributed by atoms with E-state index in [-0.39, 0.29) is 0 Å². The Balaban J connectivity index is 2.12. The molecule has 0 aliphatic heterocycles. The van der Waals surface area contributed by atoms with Crippen LogP contribution >= 0.6 is 0 Å². The van der Waals surface area contributed by atoms with Gasteiger partial charge in [-0.3, -0.25) is 0 Å². The van der Waals surface area contributed by atoms with Crippen LogP contribution in [-0.4, -0.2) is 0 Å². The molecule has 2 rings (SSSR count). The van der Waals surface area contributed by atoms with E-state index in [1.165, 1.54) is 25.7 Å². The average Bonchev–Trinajstić information content (AvgIpc) is 1.86. The summed E-state index contributed by atoms with van der Waals surface area (Å²) in [5.74, 6) is 0. The summed E-state index contributed by atoms with van der Waals surface area (Å²) < 4.78 is 0. The van der Waals surface area contributed by atoms with Gasteiger partial charge >= 0.3 is 0 Å². The molecule has 2 aliphatic carbocycles. The minimum absolute atomic E-state index is 0.797. The molecule has 0 saturated heterocycles. The van der Waals surface area contributed by atoms with Gasteiger partial charge in [-0.15, -0.1) is 0 Å². The van der Waals surface area contributed by atoms with Gasteiger partial charge in [0.05, 0.1) is 0 Å². The third-order valence-corrected chi connectivity index (χ3v) is 4.87. The van der Waals surface area contributed by atoms with Crippen molar-refractivity contribution in [3.05, 3.63) is 0 Å². The van der Waals surface area contributed by atoms with Gasteiger partial charge < -0.3 is 0 Å². The van der Waals surface area contributed by atoms with Crippen molar-refractivity contribution in [1.29, 1.82) is 0 Å². The molecule has 64 valence electrons. The molecule has 0 heteroatoms. The Hall–Kier alpha value is 0. The van der Waals surface area contributed by atoms with Gasteiger partial charge in [0.2, 0.25) is 0 Å². The van der Waals surface area contributed by atoms with Crippen molar-refractivity contribution in [1.82, 2.24) is 0 Å². The molecule has 2 fully saturated rings. The molecule has 0 heterocycles. The van der Waals surface area contributed by atoms with E-state index in [9.17, 15) is 0 Å². The highest BCUT2D eigenvalue weighted by Gasteiger charge is 2.58. The highest BCUT2D eigenvalue weighted by Crippen LogP contribution is 2.69. The molecule has 2 aliphatic rings. The van der Waals surface area contributed by atoms with Gasteiger partial charge in [-0.05, 0) is 49.4 Å². The zero-order valence-electron chi connectivity index (χ0n) is 7.95. The first kappa shape index (κ1) is 7.64. The Morgan fingerprint density at radius 2 is 1.55 bits per heavy atom. The summed E-state index contributed by atoms with van der Waals surface area (Å²) in [7, 11) is 0. The van der Waals surface area contributed by atoms with Crippen LogP contribution in [0.1, 0.15) is 58.8 Å². The molecular weight excluding hydrogens is 132 g/mol. The first-order valence-electron chi connectivity index (χ1n) is 5.29. The van der Waals surface area contributed by atoms with Crippen molar-refractivity contribution >= 4 is 0 Å². The fourth-order valence-electron chi connectivity index (χ4n) is 3.57. The lowest BCUT2D eigenvalue weighted by molar-refractivity contribution is -0.144. The second kappa shape index (κ2) is 2.24. The lowest BCUT2D eigenvalue weighted by Crippen LogP contribution is -2.54. The van der Waals surface area contributed by atoms with Gasteiger partial charge in [0.25, 0.3) is 0 Å². The van der Waals surface area contributed by atoms with Crippen LogP contribution in [0.2, 0.25) is 0 Å². The number of hydrogen-bond donors (Lipinski definition) is 0. The van der Waals surface area contributed by atoms with Crippen molar-refractivity contribution in [2.45, 2.75) is 58.8 Å². The summed E-state index contributed by atoms with van der Waals surface area (Å²) in [4.78, 5) is 0. The highest BCUT2D eigenvalue weighted by molar-refractivity contribution is 5.09. The zero-order chi connectivity index (χ0) is 7.95. The summed E-state index contributed by atoms with van der Waals surface area (Å²) in [6.07, 6.45) is 10.6. The summed E-state index contributed by atoms with van der Waals surface area (Å²) in [5, 5.41) is 0. The van der Waals surface area contributed by atoms with Crippen molar-refractivity contribution in [2.75, 3.05) is 0 Å². The molecule has 0 nitrogen and oxygen atoms in total. The van der Waals surface area contributed by atoms with E-state index in [2.05, 4.69) is 13.8 Å². The maximum atomic E-state index is 2.39. The maximum Gasteiger partial charge on any atom is -0.0241 e. The Morgan fingerprint density at radius 1 is 0.909 bits per heavy atom. The molecule has 0 aromatic carbocycles. The van der Waals surface area contributed by atoms with Crippen LogP contribution in [-0.2, 0) is 0 Å². The third-order valence-electron chi connectivity index (χ3n) is 4.87. The molecule has 11 heavy (non-hydrogen) atoms. The van der Waals surface area contributed by atoms with Crippen LogP contribution in [0, 0.1) is 10.8 Å². The molecule has 0 aromatic rings. The molecule has 0 atom stereocenters. The van der Waals surface area contributed by atoms with Gasteiger partial charge in [0.15, 0.2) is 0 Å². The van der Waals surface area contributed by atoms with Gasteiger partial charge in [-0.25, -0.2) is 0 Å². The molecule has 0 aromatic heterocycles. The van der Waals surface area contributed by atoms with Gasteiger partial charge in [0, 0.05) is 0 Å². The van der Waals surface area contributed by atoms with Crippen LogP contribution < -0.4 is 0 Å². The Kier molecular flexibility index (Phi) is 1.56. The molecule has 1 spiro atoms. The van der Waals surface area contributed by atoms with E-state index in [0.29, 0.717) is 0 Å². The van der Waals surface area contributed by atoms with Crippen LogP contribution in [0.3, 0.4) is 0 Å². The minimum atomic E-state index is 0.797. The predicted octanol–water partition coefficient (Wildman–Crippen LogP) is 3.76. The fourth-order valence-corrected chi connectivity index (χ4v) is 3.57. The zero-order valence-corrected chi connectivity index (χ0v) is 7.95. The van der Waals surface area contributed by atoms with Crippen molar-refractivity contribution in [2.24, 2.45) is 10.8 Å². The van der Waals surface area contributed by atoms with E-state index in [1.54, 1.807) is 19.3 Å². The second-order valence-electron chi connectivity index (χ2n) is 4.62. The smallest absolute Gasteiger partial charge is 0.0241 e. The lowest BCUT2D eigenvalue weighted by atomic mass is 9.40. The quantitative estimate of drug-likeness (QED) is 0.565. The minimum Gasteiger partial charge on any atom is -0.0648 e. The topological polar surface area (TPSA) is 0 Å². The van der Waals surface area contributed by atoms with E-state index < -0.39 is 0 Å². The lowest BCUT2D eigenvalue weighted by Gasteiger charge is -2.65.